The van der Waals surface area contributed by atoms with Gasteiger partial charge in [-0.2, -0.15) is 0 Å². The Bertz CT molecular complexity index is 411. The molecule has 104 valence electrons. The van der Waals surface area contributed by atoms with E-state index in [0.29, 0.717) is 6.10 Å². The zero-order chi connectivity index (χ0) is 13.3. The second kappa shape index (κ2) is 5.16. The van der Waals surface area contributed by atoms with Crippen molar-refractivity contribution in [1.82, 2.24) is 0 Å². The van der Waals surface area contributed by atoms with Crippen molar-refractivity contribution in [3.8, 4) is 5.75 Å². The van der Waals surface area contributed by atoms with Gasteiger partial charge in [0.15, 0.2) is 0 Å². The molecule has 0 unspecified atom stereocenters. The molecule has 0 atom stereocenters. The summed E-state index contributed by atoms with van der Waals surface area (Å²) in [4.78, 5) is 0. The molecule has 0 amide bonds. The van der Waals surface area contributed by atoms with E-state index >= 15 is 0 Å². The third-order valence-corrected chi connectivity index (χ3v) is 4.73. The van der Waals surface area contributed by atoms with Crippen LogP contribution in [0.1, 0.15) is 57.4 Å². The molecule has 0 heterocycles. The van der Waals surface area contributed by atoms with Crippen LogP contribution in [0, 0.1) is 5.92 Å². The molecule has 0 saturated heterocycles. The molecule has 2 aliphatic carbocycles. The van der Waals surface area contributed by atoms with Crippen molar-refractivity contribution in [3.05, 3.63) is 29.8 Å². The number of aliphatic hydroxyl groups is 1. The number of benzene rings is 1. The fraction of sp³-hybridized carbons (Fsp3) is 0.647. The Morgan fingerprint density at radius 2 is 1.74 bits per heavy atom. The lowest BCUT2D eigenvalue weighted by atomic mass is 9.74. The highest BCUT2D eigenvalue weighted by Gasteiger charge is 2.34. The summed E-state index contributed by atoms with van der Waals surface area (Å²) in [5.41, 5.74) is 0.453. The first kappa shape index (κ1) is 13.0. The standard InChI is InChI=1S/C17H24O2/c1-2-13-9-11-17(18,12-10-13)14-3-5-15(6-4-14)19-16-7-8-16/h3-6,13,16,18H,2,7-12H2,1H3. The van der Waals surface area contributed by atoms with Crippen molar-refractivity contribution >= 4 is 0 Å². The average molecular weight is 260 g/mol. The van der Waals surface area contributed by atoms with Crippen molar-refractivity contribution in [1.29, 1.82) is 0 Å². The number of hydrogen-bond donors (Lipinski definition) is 1. The van der Waals surface area contributed by atoms with Gasteiger partial charge in [-0.3, -0.25) is 0 Å². The molecule has 0 aliphatic heterocycles. The van der Waals surface area contributed by atoms with Crippen LogP contribution >= 0.6 is 0 Å². The summed E-state index contributed by atoms with van der Waals surface area (Å²) >= 11 is 0. The van der Waals surface area contributed by atoms with Crippen LogP contribution in [0.25, 0.3) is 0 Å². The summed E-state index contributed by atoms with van der Waals surface area (Å²) in [7, 11) is 0. The predicted molar refractivity (Wildman–Crippen MR) is 76.2 cm³/mol. The van der Waals surface area contributed by atoms with E-state index in [1.165, 1.54) is 19.3 Å². The fourth-order valence-electron chi connectivity index (χ4n) is 3.07. The van der Waals surface area contributed by atoms with Crippen molar-refractivity contribution < 1.29 is 9.84 Å². The van der Waals surface area contributed by atoms with E-state index in [9.17, 15) is 5.11 Å². The van der Waals surface area contributed by atoms with Gasteiger partial charge in [0.25, 0.3) is 0 Å². The first-order valence-electron chi connectivity index (χ1n) is 7.69. The van der Waals surface area contributed by atoms with Gasteiger partial charge in [-0.05, 0) is 62.1 Å². The summed E-state index contributed by atoms with van der Waals surface area (Å²) in [5, 5.41) is 10.8. The summed E-state index contributed by atoms with van der Waals surface area (Å²) in [5.74, 6) is 1.75. The molecule has 3 rings (SSSR count). The lowest BCUT2D eigenvalue weighted by molar-refractivity contribution is -0.0146. The summed E-state index contributed by atoms with van der Waals surface area (Å²) in [6.45, 7) is 2.25. The minimum Gasteiger partial charge on any atom is -0.490 e. The first-order chi connectivity index (χ1) is 9.19. The highest BCUT2D eigenvalue weighted by atomic mass is 16.5. The smallest absolute Gasteiger partial charge is 0.119 e. The molecule has 1 aromatic carbocycles. The fourth-order valence-corrected chi connectivity index (χ4v) is 3.07. The van der Waals surface area contributed by atoms with Gasteiger partial charge in [0.1, 0.15) is 5.75 Å². The molecule has 2 aliphatic rings. The zero-order valence-corrected chi connectivity index (χ0v) is 11.8. The first-order valence-corrected chi connectivity index (χ1v) is 7.69. The monoisotopic (exact) mass is 260 g/mol. The number of ether oxygens (including phenoxy) is 1. The lowest BCUT2D eigenvalue weighted by Crippen LogP contribution is -2.31. The maximum Gasteiger partial charge on any atom is 0.119 e. The van der Waals surface area contributed by atoms with Crippen LogP contribution < -0.4 is 4.74 Å². The van der Waals surface area contributed by atoms with E-state index in [1.54, 1.807) is 0 Å². The molecular formula is C17H24O2. The molecule has 2 fully saturated rings. The summed E-state index contributed by atoms with van der Waals surface area (Å²) in [6.07, 6.45) is 8.14. The minimum absolute atomic E-state index is 0.439. The van der Waals surface area contributed by atoms with Gasteiger partial charge in [-0.25, -0.2) is 0 Å². The average Bonchev–Trinajstić information content (AvgIpc) is 3.24. The maximum atomic E-state index is 10.8. The quantitative estimate of drug-likeness (QED) is 0.886. The molecule has 1 aromatic rings. The van der Waals surface area contributed by atoms with Gasteiger partial charge in [0, 0.05) is 0 Å². The third-order valence-electron chi connectivity index (χ3n) is 4.73. The van der Waals surface area contributed by atoms with Crippen LogP contribution in [0.5, 0.6) is 5.75 Å². The molecular weight excluding hydrogens is 236 g/mol. The van der Waals surface area contributed by atoms with E-state index in [1.807, 2.05) is 24.3 Å². The lowest BCUT2D eigenvalue weighted by Gasteiger charge is -2.36. The van der Waals surface area contributed by atoms with Gasteiger partial charge >= 0.3 is 0 Å². The highest BCUT2D eigenvalue weighted by Crippen LogP contribution is 2.41. The van der Waals surface area contributed by atoms with Crippen LogP contribution in [-0.4, -0.2) is 11.2 Å². The van der Waals surface area contributed by atoms with Crippen molar-refractivity contribution in [2.45, 2.75) is 63.6 Å². The third kappa shape index (κ3) is 2.94. The Morgan fingerprint density at radius 1 is 1.11 bits per heavy atom. The molecule has 19 heavy (non-hydrogen) atoms. The SMILES string of the molecule is CCC1CCC(O)(c2ccc(OC3CC3)cc2)CC1. The van der Waals surface area contributed by atoms with Crippen molar-refractivity contribution in [3.63, 3.8) is 0 Å². The maximum absolute atomic E-state index is 10.8. The minimum atomic E-state index is -0.607. The molecule has 0 bridgehead atoms. The molecule has 0 spiro atoms. The largest absolute Gasteiger partial charge is 0.490 e. The van der Waals surface area contributed by atoms with Crippen LogP contribution in [0.2, 0.25) is 0 Å². The summed E-state index contributed by atoms with van der Waals surface area (Å²) in [6, 6.07) is 8.11. The summed E-state index contributed by atoms with van der Waals surface area (Å²) < 4.78 is 5.75. The Labute approximate surface area is 115 Å². The molecule has 2 saturated carbocycles. The van der Waals surface area contributed by atoms with Gasteiger partial charge in [0.05, 0.1) is 11.7 Å². The van der Waals surface area contributed by atoms with Gasteiger partial charge in [0.2, 0.25) is 0 Å². The highest BCUT2D eigenvalue weighted by molar-refractivity contribution is 5.31. The molecule has 2 nitrogen and oxygen atoms in total. The second-order valence-electron chi connectivity index (χ2n) is 6.22. The number of hydrogen-bond acceptors (Lipinski definition) is 2. The van der Waals surface area contributed by atoms with Crippen LogP contribution in [0.3, 0.4) is 0 Å². The topological polar surface area (TPSA) is 29.5 Å². The van der Waals surface area contributed by atoms with Crippen LogP contribution in [-0.2, 0) is 5.60 Å². The van der Waals surface area contributed by atoms with E-state index in [-0.39, 0.29) is 0 Å². The van der Waals surface area contributed by atoms with E-state index < -0.39 is 5.60 Å². The Kier molecular flexibility index (Phi) is 3.53. The Hall–Kier alpha value is -1.02. The normalized spacial score (nSPS) is 31.2. The van der Waals surface area contributed by atoms with Gasteiger partial charge in [-0.15, -0.1) is 0 Å². The van der Waals surface area contributed by atoms with E-state index in [4.69, 9.17) is 4.74 Å². The van der Waals surface area contributed by atoms with Crippen molar-refractivity contribution in [2.24, 2.45) is 5.92 Å². The van der Waals surface area contributed by atoms with Crippen LogP contribution in [0.15, 0.2) is 24.3 Å². The molecule has 0 radical (unpaired) electrons. The zero-order valence-electron chi connectivity index (χ0n) is 11.8. The Balaban J connectivity index is 1.67. The molecule has 0 aromatic heterocycles. The van der Waals surface area contributed by atoms with Crippen LogP contribution in [0.4, 0.5) is 0 Å². The van der Waals surface area contributed by atoms with Crippen molar-refractivity contribution in [2.75, 3.05) is 0 Å². The predicted octanol–water partition coefficient (Wildman–Crippen LogP) is 4.02. The van der Waals surface area contributed by atoms with E-state index in [2.05, 4.69) is 6.92 Å². The van der Waals surface area contributed by atoms with Gasteiger partial charge in [-0.1, -0.05) is 25.5 Å². The Morgan fingerprint density at radius 3 is 2.26 bits per heavy atom. The number of rotatable bonds is 4. The van der Waals surface area contributed by atoms with Gasteiger partial charge < -0.3 is 9.84 Å². The second-order valence-corrected chi connectivity index (χ2v) is 6.22. The molecule has 2 heteroatoms. The van der Waals surface area contributed by atoms with E-state index in [0.717, 1.165) is 42.9 Å². The molecule has 1 N–H and O–H groups in total.